The fourth-order valence-electron chi connectivity index (χ4n) is 5.39. The lowest BCUT2D eigenvalue weighted by atomic mass is 9.90. The minimum absolute atomic E-state index is 0.0405. The second-order valence-electron chi connectivity index (χ2n) is 9.96. The molecule has 3 fully saturated rings. The number of H-pyrrole nitrogens is 1. The summed E-state index contributed by atoms with van der Waals surface area (Å²) in [4.78, 5) is 20.9. The van der Waals surface area contributed by atoms with Crippen LogP contribution in [0.4, 0.5) is 8.78 Å². The summed E-state index contributed by atoms with van der Waals surface area (Å²) in [7, 11) is 0. The third-order valence-electron chi connectivity index (χ3n) is 7.47. The maximum atomic E-state index is 13.6. The van der Waals surface area contributed by atoms with E-state index in [-0.39, 0.29) is 36.8 Å². The van der Waals surface area contributed by atoms with Gasteiger partial charge < -0.3 is 20.7 Å². The van der Waals surface area contributed by atoms with Crippen molar-refractivity contribution in [3.05, 3.63) is 53.6 Å². The molecule has 5 rings (SSSR count). The van der Waals surface area contributed by atoms with Crippen LogP contribution < -0.4 is 10.6 Å². The fourth-order valence-corrected chi connectivity index (χ4v) is 5.39. The normalized spacial score (nSPS) is 29.8. The zero-order valence-corrected chi connectivity index (χ0v) is 18.6. The number of aromatic amines is 1. The van der Waals surface area contributed by atoms with Gasteiger partial charge in [-0.15, -0.1) is 0 Å². The number of rotatable bonds is 7. The second kappa shape index (κ2) is 9.14. The Morgan fingerprint density at radius 2 is 1.88 bits per heavy atom. The zero-order chi connectivity index (χ0) is 23.0. The van der Waals surface area contributed by atoms with Crippen LogP contribution in [0.15, 0.2) is 36.5 Å². The molecule has 2 aromatic rings. The average molecular weight is 459 g/mol. The van der Waals surface area contributed by atoms with Crippen LogP contribution in [-0.2, 0) is 11.3 Å². The molecule has 33 heavy (non-hydrogen) atoms. The van der Waals surface area contributed by atoms with Crippen molar-refractivity contribution in [1.29, 1.82) is 0 Å². The van der Waals surface area contributed by atoms with E-state index in [0.717, 1.165) is 29.9 Å². The highest BCUT2D eigenvalue weighted by atomic mass is 19.3. The van der Waals surface area contributed by atoms with E-state index in [1.165, 1.54) is 0 Å². The van der Waals surface area contributed by atoms with E-state index in [0.29, 0.717) is 31.7 Å². The number of alkyl halides is 2. The van der Waals surface area contributed by atoms with Crippen LogP contribution in [0.3, 0.4) is 0 Å². The van der Waals surface area contributed by atoms with Gasteiger partial charge in [-0.05, 0) is 37.7 Å². The molecule has 0 radical (unpaired) electrons. The molecule has 3 aliphatic rings. The largest absolute Gasteiger partial charge is 0.392 e. The number of imidazole rings is 1. The summed E-state index contributed by atoms with van der Waals surface area (Å²) >= 11 is 0. The predicted octanol–water partition coefficient (Wildman–Crippen LogP) is 3.60. The summed E-state index contributed by atoms with van der Waals surface area (Å²) in [6.45, 7) is 0.402. The van der Waals surface area contributed by atoms with Crippen molar-refractivity contribution in [2.45, 2.75) is 87.4 Å². The zero-order valence-electron chi connectivity index (χ0n) is 18.6. The van der Waals surface area contributed by atoms with Crippen LogP contribution in [0.25, 0.3) is 0 Å². The Hall–Kier alpha value is -2.32. The fraction of sp³-hybridized carbons (Fsp3) is 0.600. The first kappa shape index (κ1) is 22.5. The van der Waals surface area contributed by atoms with Crippen molar-refractivity contribution in [2.24, 2.45) is 5.92 Å². The maximum Gasteiger partial charge on any atom is 0.248 e. The van der Waals surface area contributed by atoms with Crippen molar-refractivity contribution in [3.63, 3.8) is 0 Å². The third kappa shape index (κ3) is 5.11. The number of nitrogens with zero attached hydrogens (tertiary/aromatic N) is 1. The van der Waals surface area contributed by atoms with Crippen molar-refractivity contribution in [1.82, 2.24) is 20.6 Å². The summed E-state index contributed by atoms with van der Waals surface area (Å²) in [5.74, 6) is -2.29. The first-order valence-electron chi connectivity index (χ1n) is 12.1. The minimum Gasteiger partial charge on any atom is -0.392 e. The number of aliphatic hydroxyl groups is 1. The van der Waals surface area contributed by atoms with Crippen LogP contribution in [0, 0.1) is 5.92 Å². The summed E-state index contributed by atoms with van der Waals surface area (Å²) in [5.41, 5.74) is 1.82. The van der Waals surface area contributed by atoms with Gasteiger partial charge in [-0.3, -0.25) is 4.79 Å². The van der Waals surface area contributed by atoms with Gasteiger partial charge in [0.2, 0.25) is 11.8 Å². The van der Waals surface area contributed by atoms with Crippen LogP contribution in [-0.4, -0.2) is 45.1 Å². The number of hydrogen-bond acceptors (Lipinski definition) is 4. The molecule has 1 aromatic carbocycles. The molecular weight excluding hydrogens is 426 g/mol. The van der Waals surface area contributed by atoms with Gasteiger partial charge in [0, 0.05) is 55.2 Å². The van der Waals surface area contributed by atoms with E-state index in [1.54, 1.807) is 6.20 Å². The van der Waals surface area contributed by atoms with E-state index in [1.807, 2.05) is 30.3 Å². The number of carbonyl (C=O) groups is 1. The number of hydrogen-bond donors (Lipinski definition) is 4. The SMILES string of the molecule is O=C(NCc1ccccc1)[C@H]1C[C@@H](NC2CCC(F)(F)CC2)[C@H](c2cnc(C3CC3)[nH]2)[C@@H]1O. The summed E-state index contributed by atoms with van der Waals surface area (Å²) in [5, 5.41) is 17.7. The van der Waals surface area contributed by atoms with Gasteiger partial charge in [-0.25, -0.2) is 13.8 Å². The quantitative estimate of drug-likeness (QED) is 0.510. The lowest BCUT2D eigenvalue weighted by molar-refractivity contribution is -0.127. The van der Waals surface area contributed by atoms with Crippen LogP contribution in [0.2, 0.25) is 0 Å². The van der Waals surface area contributed by atoms with Crippen molar-refractivity contribution < 1.29 is 18.7 Å². The average Bonchev–Trinajstić information content (AvgIpc) is 3.46. The number of halogens is 2. The Morgan fingerprint density at radius 1 is 1.15 bits per heavy atom. The van der Waals surface area contributed by atoms with E-state index >= 15 is 0 Å². The Bertz CT molecular complexity index is 952. The molecule has 4 N–H and O–H groups in total. The topological polar surface area (TPSA) is 90.0 Å². The molecule has 4 atom stereocenters. The molecule has 0 aliphatic heterocycles. The molecule has 1 amide bonds. The first-order chi connectivity index (χ1) is 15.9. The Morgan fingerprint density at radius 3 is 2.58 bits per heavy atom. The maximum absolute atomic E-state index is 13.6. The molecule has 1 aromatic heterocycles. The molecule has 0 bridgehead atoms. The second-order valence-corrected chi connectivity index (χ2v) is 9.96. The summed E-state index contributed by atoms with van der Waals surface area (Å²) < 4.78 is 27.3. The molecule has 6 nitrogen and oxygen atoms in total. The van der Waals surface area contributed by atoms with Gasteiger partial charge in [0.15, 0.2) is 0 Å². The molecule has 8 heteroatoms. The molecule has 0 saturated heterocycles. The molecule has 0 unspecified atom stereocenters. The lowest BCUT2D eigenvalue weighted by Crippen LogP contribution is -2.44. The third-order valence-corrected chi connectivity index (χ3v) is 7.47. The predicted molar refractivity (Wildman–Crippen MR) is 120 cm³/mol. The highest BCUT2D eigenvalue weighted by Crippen LogP contribution is 2.43. The van der Waals surface area contributed by atoms with E-state index < -0.39 is 17.9 Å². The molecule has 1 heterocycles. The van der Waals surface area contributed by atoms with E-state index in [2.05, 4.69) is 20.6 Å². The number of nitrogens with one attached hydrogen (secondary N) is 3. The number of aromatic nitrogens is 2. The summed E-state index contributed by atoms with van der Waals surface area (Å²) in [6.07, 6.45) is 4.12. The van der Waals surface area contributed by atoms with Crippen LogP contribution in [0.1, 0.15) is 73.9 Å². The van der Waals surface area contributed by atoms with Gasteiger partial charge in [-0.1, -0.05) is 30.3 Å². The van der Waals surface area contributed by atoms with E-state index in [4.69, 9.17) is 0 Å². The highest BCUT2D eigenvalue weighted by molar-refractivity contribution is 5.80. The number of benzene rings is 1. The monoisotopic (exact) mass is 458 g/mol. The Kier molecular flexibility index (Phi) is 6.22. The van der Waals surface area contributed by atoms with Crippen molar-refractivity contribution in [3.8, 4) is 0 Å². The van der Waals surface area contributed by atoms with Crippen LogP contribution in [0.5, 0.6) is 0 Å². The minimum atomic E-state index is -2.59. The number of amides is 1. The molecule has 3 saturated carbocycles. The molecule has 3 aliphatic carbocycles. The Labute approximate surface area is 192 Å². The molecule has 0 spiro atoms. The van der Waals surface area contributed by atoms with Gasteiger partial charge in [0.1, 0.15) is 5.82 Å². The van der Waals surface area contributed by atoms with Crippen molar-refractivity contribution in [2.75, 3.05) is 0 Å². The Balaban J connectivity index is 1.30. The smallest absolute Gasteiger partial charge is 0.248 e. The molecule has 178 valence electrons. The van der Waals surface area contributed by atoms with Gasteiger partial charge in [-0.2, -0.15) is 0 Å². The lowest BCUT2D eigenvalue weighted by Gasteiger charge is -2.33. The number of aliphatic hydroxyl groups excluding tert-OH is 1. The number of carbonyl (C=O) groups excluding carboxylic acids is 1. The van der Waals surface area contributed by atoms with Crippen molar-refractivity contribution >= 4 is 5.91 Å². The van der Waals surface area contributed by atoms with Gasteiger partial charge >= 0.3 is 0 Å². The molecular formula is C25H32F2N4O2. The van der Waals surface area contributed by atoms with Gasteiger partial charge in [0.05, 0.1) is 12.0 Å². The van der Waals surface area contributed by atoms with E-state index in [9.17, 15) is 18.7 Å². The van der Waals surface area contributed by atoms with Crippen LogP contribution >= 0.6 is 0 Å². The summed E-state index contributed by atoms with van der Waals surface area (Å²) in [6, 6.07) is 9.44. The standard InChI is InChI=1S/C25H32F2N4O2/c26-25(27)10-8-17(9-11-25)30-19-12-18(24(33)29-13-15-4-2-1-3-5-15)22(32)21(19)20-14-28-23(31-20)16-6-7-16/h1-5,14,16-19,21-22,30,32H,6-13H2,(H,28,31)(H,29,33)/t18-,19+,21+,22+/m0/s1. The first-order valence-corrected chi connectivity index (χ1v) is 12.1. The van der Waals surface area contributed by atoms with Gasteiger partial charge in [0.25, 0.3) is 0 Å². The highest BCUT2D eigenvalue weighted by Gasteiger charge is 2.48.